The first kappa shape index (κ1) is 15.0. The molecule has 1 aromatic carbocycles. The van der Waals surface area contributed by atoms with Crippen LogP contribution >= 0.6 is 0 Å². The molecule has 2 aromatic rings. The van der Waals surface area contributed by atoms with Crippen LogP contribution in [0.5, 0.6) is 5.75 Å². The van der Waals surface area contributed by atoms with E-state index in [2.05, 4.69) is 16.3 Å². The van der Waals surface area contributed by atoms with Crippen molar-refractivity contribution in [1.29, 1.82) is 0 Å². The van der Waals surface area contributed by atoms with Gasteiger partial charge in [-0.25, -0.2) is 9.13 Å². The molecule has 6 nitrogen and oxygen atoms in total. The Morgan fingerprint density at radius 1 is 1.24 bits per heavy atom. The molecule has 0 N–H and O–H groups in total. The molecule has 6 heteroatoms. The minimum Gasteiger partial charge on any atom is -0.495 e. The van der Waals surface area contributed by atoms with Crippen LogP contribution in [-0.4, -0.2) is 25.8 Å². The lowest BCUT2D eigenvalue weighted by Gasteiger charge is -2.17. The Morgan fingerprint density at radius 2 is 1.95 bits per heavy atom. The van der Waals surface area contributed by atoms with Gasteiger partial charge < -0.3 is 9.64 Å². The van der Waals surface area contributed by atoms with Gasteiger partial charge in [-0.15, -0.1) is 0 Å². The molecule has 1 aromatic heterocycles. The van der Waals surface area contributed by atoms with Crippen molar-refractivity contribution >= 4 is 17.3 Å². The molecule has 0 amide bonds. The standard InChI is InChI=1S/C15H22N5O/c1-11-9-13(18(2)3)14(21-6)10-12(11)16-17-15-19(4)7-8-20(15)5/h7-10H,1-6H3/q+1. The number of aryl methyl sites for hydroxylation is 3. The van der Waals surface area contributed by atoms with Crippen molar-refractivity contribution < 1.29 is 9.30 Å². The minimum atomic E-state index is 0.782. The zero-order valence-corrected chi connectivity index (χ0v) is 13.5. The molecular formula is C15H22N5O+. The SMILES string of the molecule is COc1cc(N=Nc2n(C)cc[n+]2C)c(C)cc1N(C)C. The molecule has 0 unspecified atom stereocenters. The molecule has 0 aliphatic rings. The molecule has 0 aliphatic heterocycles. The summed E-state index contributed by atoms with van der Waals surface area (Å²) in [5, 5.41) is 8.69. The second-order valence-corrected chi connectivity index (χ2v) is 5.22. The smallest absolute Gasteiger partial charge is 0.421 e. The minimum absolute atomic E-state index is 0.782. The first-order valence-corrected chi connectivity index (χ1v) is 6.72. The van der Waals surface area contributed by atoms with Crippen molar-refractivity contribution in [3.63, 3.8) is 0 Å². The maximum absolute atomic E-state index is 5.43. The summed E-state index contributed by atoms with van der Waals surface area (Å²) in [5.41, 5.74) is 2.89. The van der Waals surface area contributed by atoms with Gasteiger partial charge in [-0.1, -0.05) is 5.11 Å². The van der Waals surface area contributed by atoms with Crippen molar-refractivity contribution in [1.82, 2.24) is 4.57 Å². The van der Waals surface area contributed by atoms with E-state index in [1.165, 1.54) is 0 Å². The van der Waals surface area contributed by atoms with Crippen molar-refractivity contribution in [3.05, 3.63) is 30.1 Å². The number of hydrogen-bond donors (Lipinski definition) is 0. The third kappa shape index (κ3) is 3.04. The Kier molecular flexibility index (Phi) is 4.26. The number of methoxy groups -OCH3 is 1. The quantitative estimate of drug-likeness (QED) is 0.641. The second-order valence-electron chi connectivity index (χ2n) is 5.22. The van der Waals surface area contributed by atoms with Crippen LogP contribution in [-0.2, 0) is 14.1 Å². The first-order valence-electron chi connectivity index (χ1n) is 6.72. The predicted molar refractivity (Wildman–Crippen MR) is 82.8 cm³/mol. The van der Waals surface area contributed by atoms with E-state index in [0.717, 1.165) is 28.6 Å². The van der Waals surface area contributed by atoms with E-state index in [9.17, 15) is 0 Å². The molecule has 0 radical (unpaired) electrons. The zero-order chi connectivity index (χ0) is 15.6. The number of ether oxygens (including phenoxy) is 1. The highest BCUT2D eigenvalue weighted by molar-refractivity contribution is 5.66. The molecule has 21 heavy (non-hydrogen) atoms. The predicted octanol–water partition coefficient (Wildman–Crippen LogP) is 2.65. The van der Waals surface area contributed by atoms with Gasteiger partial charge in [0.15, 0.2) is 0 Å². The highest BCUT2D eigenvalue weighted by Crippen LogP contribution is 2.34. The number of anilines is 1. The van der Waals surface area contributed by atoms with Crippen LogP contribution in [0.2, 0.25) is 0 Å². The van der Waals surface area contributed by atoms with Crippen LogP contribution in [0, 0.1) is 6.92 Å². The number of aromatic nitrogens is 2. The number of imidazole rings is 1. The lowest BCUT2D eigenvalue weighted by Crippen LogP contribution is -2.25. The fraction of sp³-hybridized carbons (Fsp3) is 0.400. The fourth-order valence-electron chi connectivity index (χ4n) is 2.10. The summed E-state index contributed by atoms with van der Waals surface area (Å²) >= 11 is 0. The van der Waals surface area contributed by atoms with Gasteiger partial charge in [-0.3, -0.25) is 0 Å². The highest BCUT2D eigenvalue weighted by Gasteiger charge is 2.13. The van der Waals surface area contributed by atoms with Gasteiger partial charge in [0, 0.05) is 25.3 Å². The normalized spacial score (nSPS) is 11.1. The van der Waals surface area contributed by atoms with Crippen molar-refractivity contribution in [3.8, 4) is 5.75 Å². The molecule has 0 aliphatic carbocycles. The van der Waals surface area contributed by atoms with Crippen LogP contribution in [0.4, 0.5) is 17.3 Å². The number of nitrogens with zero attached hydrogens (tertiary/aromatic N) is 5. The van der Waals surface area contributed by atoms with Gasteiger partial charge in [-0.2, -0.15) is 0 Å². The molecule has 2 rings (SSSR count). The van der Waals surface area contributed by atoms with Crippen molar-refractivity contribution in [2.75, 3.05) is 26.1 Å². The Bertz CT molecular complexity index is 653. The van der Waals surface area contributed by atoms with Gasteiger partial charge in [0.1, 0.15) is 11.4 Å². The van der Waals surface area contributed by atoms with E-state index < -0.39 is 0 Å². The van der Waals surface area contributed by atoms with Crippen LogP contribution < -0.4 is 14.2 Å². The molecule has 112 valence electrons. The topological polar surface area (TPSA) is 46.0 Å². The number of rotatable bonds is 4. The van der Waals surface area contributed by atoms with E-state index in [-0.39, 0.29) is 0 Å². The number of hydrogen-bond acceptors (Lipinski definition) is 4. The van der Waals surface area contributed by atoms with Gasteiger partial charge in [0.25, 0.3) is 0 Å². The molecule has 0 saturated carbocycles. The van der Waals surface area contributed by atoms with E-state index in [0.29, 0.717) is 0 Å². The Labute approximate surface area is 125 Å². The summed E-state index contributed by atoms with van der Waals surface area (Å²) < 4.78 is 9.27. The van der Waals surface area contributed by atoms with E-state index in [1.807, 2.05) is 67.6 Å². The van der Waals surface area contributed by atoms with Gasteiger partial charge in [0.2, 0.25) is 0 Å². The average Bonchev–Trinajstić information content (AvgIpc) is 2.76. The third-order valence-corrected chi connectivity index (χ3v) is 3.37. The van der Waals surface area contributed by atoms with Crippen LogP contribution in [0.15, 0.2) is 34.8 Å². The highest BCUT2D eigenvalue weighted by atomic mass is 16.5. The van der Waals surface area contributed by atoms with Crippen LogP contribution in [0.1, 0.15) is 5.56 Å². The van der Waals surface area contributed by atoms with E-state index in [4.69, 9.17) is 4.74 Å². The van der Waals surface area contributed by atoms with E-state index in [1.54, 1.807) is 7.11 Å². The summed E-state index contributed by atoms with van der Waals surface area (Å²) in [7, 11) is 9.52. The summed E-state index contributed by atoms with van der Waals surface area (Å²) in [6, 6.07) is 3.97. The maximum Gasteiger partial charge on any atom is 0.421 e. The van der Waals surface area contributed by atoms with Gasteiger partial charge >= 0.3 is 5.95 Å². The number of azo groups is 1. The summed E-state index contributed by atoms with van der Waals surface area (Å²) in [6.45, 7) is 2.02. The largest absolute Gasteiger partial charge is 0.495 e. The van der Waals surface area contributed by atoms with Crippen molar-refractivity contribution in [2.45, 2.75) is 6.92 Å². The Hall–Kier alpha value is -2.37. The Morgan fingerprint density at radius 3 is 2.48 bits per heavy atom. The average molecular weight is 288 g/mol. The van der Waals surface area contributed by atoms with Crippen LogP contribution in [0.25, 0.3) is 0 Å². The second kappa shape index (κ2) is 5.95. The Balaban J connectivity index is 2.41. The molecule has 0 bridgehead atoms. The van der Waals surface area contributed by atoms with Gasteiger partial charge in [-0.05, 0) is 18.6 Å². The van der Waals surface area contributed by atoms with E-state index >= 15 is 0 Å². The van der Waals surface area contributed by atoms with Crippen molar-refractivity contribution in [2.24, 2.45) is 24.3 Å². The molecule has 0 saturated heterocycles. The summed E-state index contributed by atoms with van der Waals surface area (Å²) in [5.74, 6) is 1.57. The van der Waals surface area contributed by atoms with Gasteiger partial charge in [0.05, 0.1) is 39.3 Å². The van der Waals surface area contributed by atoms with Crippen LogP contribution in [0.3, 0.4) is 0 Å². The summed E-state index contributed by atoms with van der Waals surface area (Å²) in [4.78, 5) is 2.02. The lowest BCUT2D eigenvalue weighted by molar-refractivity contribution is -0.657. The monoisotopic (exact) mass is 288 g/mol. The molecule has 1 heterocycles. The summed E-state index contributed by atoms with van der Waals surface area (Å²) in [6.07, 6.45) is 3.88. The maximum atomic E-state index is 5.43. The number of benzene rings is 1. The third-order valence-electron chi connectivity index (χ3n) is 3.37. The molecule has 0 spiro atoms. The zero-order valence-electron chi connectivity index (χ0n) is 13.5. The fourth-order valence-corrected chi connectivity index (χ4v) is 2.10. The molecular weight excluding hydrogens is 266 g/mol. The molecule has 0 atom stereocenters. The molecule has 0 fully saturated rings. The lowest BCUT2D eigenvalue weighted by atomic mass is 10.1. The first-order chi connectivity index (χ1) is 9.93.